The molecule has 1 saturated heterocycles. The normalized spacial score (nSPS) is 21.5. The molecule has 0 aromatic carbocycles. The van der Waals surface area contributed by atoms with E-state index in [2.05, 4.69) is 15.3 Å². The highest BCUT2D eigenvalue weighted by molar-refractivity contribution is 5.47. The van der Waals surface area contributed by atoms with Crippen molar-refractivity contribution in [2.45, 2.75) is 25.5 Å². The number of nitrogens with zero attached hydrogens (tertiary/aromatic N) is 2. The number of imidazole rings is 1. The molecular weight excluding hydrogens is 181 g/mol. The molecule has 5 heteroatoms. The third-order valence-electron chi connectivity index (χ3n) is 2.23. The number of hydrogen-bond acceptors (Lipinski definition) is 4. The molecule has 1 aromatic heterocycles. The molecule has 0 radical (unpaired) electrons. The molecular formula is C9H12N4O. The summed E-state index contributed by atoms with van der Waals surface area (Å²) in [7, 11) is 0. The highest BCUT2D eigenvalue weighted by Crippen LogP contribution is 2.16. The van der Waals surface area contributed by atoms with Crippen LogP contribution in [0, 0.1) is 11.3 Å². The van der Waals surface area contributed by atoms with Crippen molar-refractivity contribution < 1.29 is 4.74 Å². The zero-order valence-electron chi connectivity index (χ0n) is 7.79. The number of ether oxygens (including phenoxy) is 1. The van der Waals surface area contributed by atoms with E-state index in [1.807, 2.05) is 6.07 Å². The fourth-order valence-electron chi connectivity index (χ4n) is 1.50. The minimum absolute atomic E-state index is 0.000787. The van der Waals surface area contributed by atoms with Gasteiger partial charge in [0.1, 0.15) is 12.3 Å². The number of nitrogens with one attached hydrogen (secondary N) is 2. The van der Waals surface area contributed by atoms with Crippen LogP contribution in [-0.2, 0) is 4.74 Å². The van der Waals surface area contributed by atoms with Crippen molar-refractivity contribution in [2.75, 3.05) is 11.9 Å². The van der Waals surface area contributed by atoms with Crippen LogP contribution in [0.25, 0.3) is 0 Å². The van der Waals surface area contributed by atoms with Crippen LogP contribution in [0.3, 0.4) is 0 Å². The summed E-state index contributed by atoms with van der Waals surface area (Å²) in [4.78, 5) is 6.77. The molecule has 1 aliphatic heterocycles. The van der Waals surface area contributed by atoms with Crippen molar-refractivity contribution in [1.29, 1.82) is 5.26 Å². The zero-order chi connectivity index (χ0) is 9.80. The molecule has 1 atom stereocenters. The number of nitriles is 1. The number of hydrogen-bond donors (Lipinski definition) is 2. The summed E-state index contributed by atoms with van der Waals surface area (Å²) < 4.78 is 5.48. The van der Waals surface area contributed by atoms with E-state index in [-0.39, 0.29) is 6.23 Å². The molecule has 1 fully saturated rings. The summed E-state index contributed by atoms with van der Waals surface area (Å²) in [5.41, 5.74) is 0.458. The Morgan fingerprint density at radius 3 is 3.29 bits per heavy atom. The van der Waals surface area contributed by atoms with Crippen LogP contribution < -0.4 is 5.32 Å². The fraction of sp³-hybridized carbons (Fsp3) is 0.556. The van der Waals surface area contributed by atoms with Gasteiger partial charge in [0, 0.05) is 6.61 Å². The van der Waals surface area contributed by atoms with E-state index in [4.69, 9.17) is 10.00 Å². The molecule has 0 spiro atoms. The van der Waals surface area contributed by atoms with Crippen LogP contribution in [0.15, 0.2) is 6.33 Å². The van der Waals surface area contributed by atoms with Gasteiger partial charge in [-0.3, -0.25) is 0 Å². The van der Waals surface area contributed by atoms with Crippen molar-refractivity contribution in [3.8, 4) is 6.07 Å². The van der Waals surface area contributed by atoms with Gasteiger partial charge in [0.25, 0.3) is 0 Å². The molecule has 5 nitrogen and oxygen atoms in total. The van der Waals surface area contributed by atoms with Gasteiger partial charge >= 0.3 is 0 Å². The maximum absolute atomic E-state index is 8.73. The molecule has 2 N–H and O–H groups in total. The molecule has 1 aromatic rings. The standard InChI is InChI=1S/C9H12N4O/c10-5-7-9(12-6-11-7)13-8-3-1-2-4-14-8/h6,8,13H,1-4H2,(H,11,12)/i10+1. The Labute approximate surface area is 82.1 Å². The zero-order valence-corrected chi connectivity index (χ0v) is 7.79. The van der Waals surface area contributed by atoms with E-state index in [0.29, 0.717) is 11.5 Å². The van der Waals surface area contributed by atoms with Crippen molar-refractivity contribution in [3.63, 3.8) is 0 Å². The first-order valence-electron chi connectivity index (χ1n) is 4.72. The van der Waals surface area contributed by atoms with Crippen molar-refractivity contribution in [3.05, 3.63) is 12.0 Å². The van der Waals surface area contributed by atoms with Gasteiger partial charge in [-0.25, -0.2) is 4.98 Å². The SMILES string of the molecule is [15N]#Cc1[nH]cnc1NC1CCCCO1. The lowest BCUT2D eigenvalue weighted by molar-refractivity contribution is 0.0341. The van der Waals surface area contributed by atoms with E-state index >= 15 is 0 Å². The first kappa shape index (κ1) is 9.03. The summed E-state index contributed by atoms with van der Waals surface area (Å²) in [6.07, 6.45) is 4.74. The maximum atomic E-state index is 8.73. The summed E-state index contributed by atoms with van der Waals surface area (Å²) in [6, 6.07) is 2.03. The van der Waals surface area contributed by atoms with Crippen LogP contribution >= 0.6 is 0 Å². The van der Waals surface area contributed by atoms with Crippen LogP contribution in [-0.4, -0.2) is 22.8 Å². The highest BCUT2D eigenvalue weighted by atomic mass is 16.5. The summed E-state index contributed by atoms with van der Waals surface area (Å²) in [6.45, 7) is 0.782. The number of rotatable bonds is 2. The number of aromatic amines is 1. The Kier molecular flexibility index (Phi) is 2.65. The topological polar surface area (TPSA) is 73.7 Å². The van der Waals surface area contributed by atoms with Gasteiger partial charge in [-0.05, 0) is 19.3 Å². The second-order valence-corrected chi connectivity index (χ2v) is 3.24. The van der Waals surface area contributed by atoms with E-state index in [9.17, 15) is 0 Å². The lowest BCUT2D eigenvalue weighted by Gasteiger charge is -2.23. The largest absolute Gasteiger partial charge is 0.359 e. The summed E-state index contributed by atoms with van der Waals surface area (Å²) in [5, 5.41) is 11.8. The number of aromatic nitrogens is 2. The second-order valence-electron chi connectivity index (χ2n) is 3.24. The number of anilines is 1. The van der Waals surface area contributed by atoms with E-state index in [1.165, 1.54) is 6.33 Å². The average Bonchev–Trinajstić information content (AvgIpc) is 2.67. The Balaban J connectivity index is 1.99. The first-order valence-corrected chi connectivity index (χ1v) is 4.72. The Morgan fingerprint density at radius 2 is 2.57 bits per heavy atom. The third kappa shape index (κ3) is 1.86. The summed E-state index contributed by atoms with van der Waals surface area (Å²) in [5.74, 6) is 0.583. The molecule has 1 aliphatic rings. The third-order valence-corrected chi connectivity index (χ3v) is 2.23. The Bertz CT molecular complexity index is 335. The van der Waals surface area contributed by atoms with Crippen molar-refractivity contribution >= 4 is 5.82 Å². The molecule has 0 amide bonds. The lowest BCUT2D eigenvalue weighted by Crippen LogP contribution is -2.27. The van der Waals surface area contributed by atoms with Gasteiger partial charge in [-0.15, -0.1) is 0 Å². The van der Waals surface area contributed by atoms with Crippen LogP contribution in [0.2, 0.25) is 0 Å². The van der Waals surface area contributed by atoms with Gasteiger partial charge < -0.3 is 15.0 Å². The molecule has 0 bridgehead atoms. The lowest BCUT2D eigenvalue weighted by atomic mass is 10.2. The van der Waals surface area contributed by atoms with E-state index < -0.39 is 0 Å². The minimum atomic E-state index is -0.000787. The van der Waals surface area contributed by atoms with E-state index in [0.717, 1.165) is 25.9 Å². The smallest absolute Gasteiger partial charge is 0.164 e. The fourth-order valence-corrected chi connectivity index (χ4v) is 1.50. The molecule has 1 unspecified atom stereocenters. The van der Waals surface area contributed by atoms with Gasteiger partial charge in [-0.2, -0.15) is 5.26 Å². The minimum Gasteiger partial charge on any atom is -0.359 e. The average molecular weight is 193 g/mol. The second kappa shape index (κ2) is 4.11. The van der Waals surface area contributed by atoms with Crippen molar-refractivity contribution in [2.24, 2.45) is 0 Å². The highest BCUT2D eigenvalue weighted by Gasteiger charge is 2.15. The van der Waals surface area contributed by atoms with Gasteiger partial charge in [-0.1, -0.05) is 0 Å². The van der Waals surface area contributed by atoms with Crippen LogP contribution in [0.5, 0.6) is 0 Å². The Hall–Kier alpha value is -1.54. The quantitative estimate of drug-likeness (QED) is 0.692. The molecule has 2 rings (SSSR count). The number of H-pyrrole nitrogens is 1. The van der Waals surface area contributed by atoms with Gasteiger partial charge in [0.05, 0.1) is 6.33 Å². The first-order chi connectivity index (χ1) is 6.90. The van der Waals surface area contributed by atoms with Gasteiger partial charge in [0.15, 0.2) is 11.5 Å². The van der Waals surface area contributed by atoms with Crippen LogP contribution in [0.1, 0.15) is 25.0 Å². The Morgan fingerprint density at radius 1 is 1.64 bits per heavy atom. The molecule has 0 aliphatic carbocycles. The van der Waals surface area contributed by atoms with Gasteiger partial charge in [0.2, 0.25) is 0 Å². The summed E-state index contributed by atoms with van der Waals surface area (Å²) >= 11 is 0. The predicted molar refractivity (Wildman–Crippen MR) is 50.5 cm³/mol. The monoisotopic (exact) mass is 193 g/mol. The molecule has 0 saturated carbocycles. The molecule has 2 heterocycles. The van der Waals surface area contributed by atoms with Crippen LogP contribution in [0.4, 0.5) is 5.82 Å². The predicted octanol–water partition coefficient (Wildman–Crippen LogP) is 1.22. The van der Waals surface area contributed by atoms with Crippen molar-refractivity contribution in [1.82, 2.24) is 9.97 Å². The molecule has 74 valence electrons. The van der Waals surface area contributed by atoms with E-state index in [1.54, 1.807) is 0 Å². The molecule has 14 heavy (non-hydrogen) atoms. The maximum Gasteiger partial charge on any atom is 0.164 e.